The summed E-state index contributed by atoms with van der Waals surface area (Å²) < 4.78 is 6.09. The molecular weight excluding hydrogens is 360 g/mol. The third kappa shape index (κ3) is 5.30. The van der Waals surface area contributed by atoms with Crippen LogP contribution < -0.4 is 21.1 Å². The minimum absolute atomic E-state index is 0.0828. The van der Waals surface area contributed by atoms with Crippen molar-refractivity contribution in [2.45, 2.75) is 0 Å². The molecule has 2 aromatic rings. The third-order valence-electron chi connectivity index (χ3n) is 2.87. The highest BCUT2D eigenvalue weighted by atomic mass is 79.9. The van der Waals surface area contributed by atoms with E-state index in [4.69, 9.17) is 10.5 Å². The van der Waals surface area contributed by atoms with Crippen molar-refractivity contribution in [3.05, 3.63) is 53.0 Å². The van der Waals surface area contributed by atoms with Gasteiger partial charge >= 0.3 is 0 Å². The first-order valence-electron chi connectivity index (χ1n) is 6.84. The Bertz CT molecular complexity index is 719. The smallest absolute Gasteiger partial charge is 0.246 e. The van der Waals surface area contributed by atoms with E-state index in [0.29, 0.717) is 17.1 Å². The van der Waals surface area contributed by atoms with Crippen molar-refractivity contribution in [3.8, 4) is 5.75 Å². The van der Waals surface area contributed by atoms with Crippen LogP contribution in [0.2, 0.25) is 0 Å². The molecule has 0 heterocycles. The molecular formula is C16H17BrN4O2. The molecule has 2 aromatic carbocycles. The second kappa shape index (κ2) is 8.19. The summed E-state index contributed by atoms with van der Waals surface area (Å²) in [5, 5.41) is 5.65. The maximum atomic E-state index is 11.9. The third-order valence-corrected chi connectivity index (χ3v) is 3.36. The first-order chi connectivity index (χ1) is 11.1. The van der Waals surface area contributed by atoms with Crippen molar-refractivity contribution < 1.29 is 9.53 Å². The van der Waals surface area contributed by atoms with E-state index in [1.165, 1.54) is 0 Å². The summed E-state index contributed by atoms with van der Waals surface area (Å²) in [6.45, 7) is -0.0828. The lowest BCUT2D eigenvalue weighted by Crippen LogP contribution is -2.25. The lowest BCUT2D eigenvalue weighted by atomic mass is 10.3. The Hall–Kier alpha value is -2.54. The molecule has 0 spiro atoms. The number of para-hydroxylation sites is 2. The highest BCUT2D eigenvalue weighted by Crippen LogP contribution is 2.22. The van der Waals surface area contributed by atoms with Gasteiger partial charge in [0.1, 0.15) is 12.3 Å². The molecule has 6 nitrogen and oxygen atoms in total. The summed E-state index contributed by atoms with van der Waals surface area (Å²) in [6.07, 6.45) is 0. The SMILES string of the molecule is COc1ccccc1NC(N)=NCC(=O)Nc1cccc(Br)c1. The van der Waals surface area contributed by atoms with Crippen LogP contribution >= 0.6 is 15.9 Å². The Kier molecular flexibility index (Phi) is 5.99. The van der Waals surface area contributed by atoms with Gasteiger partial charge in [0.05, 0.1) is 12.8 Å². The second-order valence-corrected chi connectivity index (χ2v) is 5.50. The van der Waals surface area contributed by atoms with Gasteiger partial charge in [0.2, 0.25) is 5.91 Å². The van der Waals surface area contributed by atoms with Crippen LogP contribution in [0.4, 0.5) is 11.4 Å². The first-order valence-corrected chi connectivity index (χ1v) is 7.63. The van der Waals surface area contributed by atoms with E-state index in [1.54, 1.807) is 25.3 Å². The molecule has 0 fully saturated rings. The first kappa shape index (κ1) is 16.8. The number of nitrogens with zero attached hydrogens (tertiary/aromatic N) is 1. The summed E-state index contributed by atoms with van der Waals surface area (Å²) in [5.74, 6) is 0.524. The van der Waals surface area contributed by atoms with Gasteiger partial charge in [-0.2, -0.15) is 0 Å². The number of guanidine groups is 1. The Morgan fingerprint density at radius 1 is 1.22 bits per heavy atom. The van der Waals surface area contributed by atoms with Crippen molar-refractivity contribution in [2.24, 2.45) is 10.7 Å². The number of aliphatic imine (C=N–C) groups is 1. The average Bonchev–Trinajstić information content (AvgIpc) is 2.53. The molecule has 0 aliphatic rings. The molecule has 0 radical (unpaired) electrons. The van der Waals surface area contributed by atoms with Gasteiger partial charge in [-0.05, 0) is 30.3 Å². The molecule has 1 amide bonds. The summed E-state index contributed by atoms with van der Waals surface area (Å²) in [5.41, 5.74) is 7.17. The molecule has 7 heteroatoms. The molecule has 0 aromatic heterocycles. The monoisotopic (exact) mass is 376 g/mol. The van der Waals surface area contributed by atoms with E-state index >= 15 is 0 Å². The van der Waals surface area contributed by atoms with E-state index in [1.807, 2.05) is 30.3 Å². The van der Waals surface area contributed by atoms with Crippen LogP contribution in [0.25, 0.3) is 0 Å². The quantitative estimate of drug-likeness (QED) is 0.552. The number of benzene rings is 2. The number of nitrogens with two attached hydrogens (primary N) is 1. The maximum absolute atomic E-state index is 11.9. The van der Waals surface area contributed by atoms with Crippen molar-refractivity contribution in [2.75, 3.05) is 24.3 Å². The number of ether oxygens (including phenoxy) is 1. The predicted octanol–water partition coefficient (Wildman–Crippen LogP) is 2.82. The van der Waals surface area contributed by atoms with Crippen LogP contribution in [0.3, 0.4) is 0 Å². The minimum Gasteiger partial charge on any atom is -0.495 e. The lowest BCUT2D eigenvalue weighted by molar-refractivity contribution is -0.114. The van der Waals surface area contributed by atoms with Crippen LogP contribution in [0.15, 0.2) is 58.0 Å². The highest BCUT2D eigenvalue weighted by Gasteiger charge is 2.04. The Morgan fingerprint density at radius 3 is 2.74 bits per heavy atom. The normalized spacial score (nSPS) is 11.0. The molecule has 4 N–H and O–H groups in total. The Labute approximate surface area is 142 Å². The molecule has 0 unspecified atom stereocenters. The molecule has 120 valence electrons. The van der Waals surface area contributed by atoms with E-state index in [9.17, 15) is 4.79 Å². The molecule has 0 atom stereocenters. The predicted molar refractivity (Wildman–Crippen MR) is 95.9 cm³/mol. The molecule has 0 bridgehead atoms. The van der Waals surface area contributed by atoms with Crippen molar-refractivity contribution in [1.82, 2.24) is 0 Å². The van der Waals surface area contributed by atoms with Crippen LogP contribution in [0.1, 0.15) is 0 Å². The zero-order valence-electron chi connectivity index (χ0n) is 12.5. The summed E-state index contributed by atoms with van der Waals surface area (Å²) in [6, 6.07) is 14.6. The molecule has 23 heavy (non-hydrogen) atoms. The fourth-order valence-electron chi connectivity index (χ4n) is 1.85. The van der Waals surface area contributed by atoms with Gasteiger partial charge < -0.3 is 21.1 Å². The van der Waals surface area contributed by atoms with E-state index in [-0.39, 0.29) is 18.4 Å². The van der Waals surface area contributed by atoms with Crippen LogP contribution in [-0.4, -0.2) is 25.5 Å². The molecule has 0 saturated carbocycles. The Balaban J connectivity index is 1.92. The van der Waals surface area contributed by atoms with E-state index < -0.39 is 0 Å². The largest absolute Gasteiger partial charge is 0.495 e. The topological polar surface area (TPSA) is 88.7 Å². The van der Waals surface area contributed by atoms with Crippen molar-refractivity contribution in [3.63, 3.8) is 0 Å². The number of nitrogens with one attached hydrogen (secondary N) is 2. The van der Waals surface area contributed by atoms with Crippen LogP contribution in [-0.2, 0) is 4.79 Å². The van der Waals surface area contributed by atoms with Gasteiger partial charge in [0.15, 0.2) is 5.96 Å². The number of hydrogen-bond donors (Lipinski definition) is 3. The number of carbonyl (C=O) groups is 1. The van der Waals surface area contributed by atoms with E-state index in [2.05, 4.69) is 31.6 Å². The summed E-state index contributed by atoms with van der Waals surface area (Å²) in [7, 11) is 1.57. The maximum Gasteiger partial charge on any atom is 0.246 e. The van der Waals surface area contributed by atoms with Gasteiger partial charge in [-0.3, -0.25) is 4.79 Å². The second-order valence-electron chi connectivity index (χ2n) is 4.59. The van der Waals surface area contributed by atoms with Gasteiger partial charge in [-0.1, -0.05) is 34.1 Å². The van der Waals surface area contributed by atoms with E-state index in [0.717, 1.165) is 4.47 Å². The van der Waals surface area contributed by atoms with Crippen molar-refractivity contribution >= 4 is 39.2 Å². The summed E-state index contributed by atoms with van der Waals surface area (Å²) in [4.78, 5) is 15.9. The lowest BCUT2D eigenvalue weighted by Gasteiger charge is -2.10. The standard InChI is InChI=1S/C16H17BrN4O2/c1-23-14-8-3-2-7-13(14)21-16(18)19-10-15(22)20-12-6-4-5-11(17)9-12/h2-9H,10H2,1H3,(H,20,22)(H3,18,19,21). The number of amides is 1. The number of methoxy groups -OCH3 is 1. The average molecular weight is 377 g/mol. The number of halogens is 1. The van der Waals surface area contributed by atoms with Gasteiger partial charge in [-0.25, -0.2) is 4.99 Å². The van der Waals surface area contributed by atoms with Crippen LogP contribution in [0, 0.1) is 0 Å². The molecule has 0 aliphatic carbocycles. The zero-order chi connectivity index (χ0) is 16.7. The summed E-state index contributed by atoms with van der Waals surface area (Å²) >= 11 is 3.34. The fraction of sp³-hybridized carbons (Fsp3) is 0.125. The molecule has 2 rings (SSSR count). The van der Waals surface area contributed by atoms with Gasteiger partial charge in [0, 0.05) is 10.2 Å². The van der Waals surface area contributed by atoms with Crippen LogP contribution in [0.5, 0.6) is 5.75 Å². The number of hydrogen-bond acceptors (Lipinski definition) is 3. The number of carbonyl (C=O) groups excluding carboxylic acids is 1. The minimum atomic E-state index is -0.257. The fourth-order valence-corrected chi connectivity index (χ4v) is 2.25. The molecule has 0 aliphatic heterocycles. The van der Waals surface area contributed by atoms with Crippen molar-refractivity contribution in [1.29, 1.82) is 0 Å². The molecule has 0 saturated heterocycles. The Morgan fingerprint density at radius 2 is 2.00 bits per heavy atom. The number of anilines is 2. The number of rotatable bonds is 5. The van der Waals surface area contributed by atoms with Gasteiger partial charge in [-0.15, -0.1) is 0 Å². The zero-order valence-corrected chi connectivity index (χ0v) is 14.1. The van der Waals surface area contributed by atoms with Gasteiger partial charge in [0.25, 0.3) is 0 Å². The highest BCUT2D eigenvalue weighted by molar-refractivity contribution is 9.10.